The Morgan fingerprint density at radius 2 is 1.86 bits per heavy atom. The lowest BCUT2D eigenvalue weighted by Crippen LogP contribution is -2.27. The van der Waals surface area contributed by atoms with Gasteiger partial charge in [0, 0.05) is 10.0 Å². The van der Waals surface area contributed by atoms with Gasteiger partial charge in [0.05, 0.1) is 5.69 Å². The number of nitrogens with zero attached hydrogens (tertiary/aromatic N) is 2. The van der Waals surface area contributed by atoms with E-state index in [0.29, 0.717) is 27.5 Å². The van der Waals surface area contributed by atoms with Crippen molar-refractivity contribution in [2.24, 2.45) is 0 Å². The molecule has 0 unspecified atom stereocenters. The molecule has 7 heteroatoms. The Bertz CT molecular complexity index is 654. The number of nitrogen functional groups attached to an aromatic ring is 1. The van der Waals surface area contributed by atoms with Gasteiger partial charge < -0.3 is 16.4 Å². The van der Waals surface area contributed by atoms with Crippen LogP contribution in [-0.2, 0) is 0 Å². The fourth-order valence-electron chi connectivity index (χ4n) is 1.67. The maximum absolute atomic E-state index is 13.8. The number of hydrogen-bond acceptors (Lipinski definition) is 5. The number of rotatable bonds is 3. The van der Waals surface area contributed by atoms with Gasteiger partial charge >= 0.3 is 0 Å². The molecule has 2 aromatic rings. The van der Waals surface area contributed by atoms with Crippen molar-refractivity contribution < 1.29 is 4.39 Å². The molecule has 0 aliphatic carbocycles. The summed E-state index contributed by atoms with van der Waals surface area (Å²) in [5.41, 5.74) is 6.48. The topological polar surface area (TPSA) is 75.9 Å². The molecule has 0 spiro atoms. The summed E-state index contributed by atoms with van der Waals surface area (Å²) in [6, 6.07) is 4.71. The van der Waals surface area contributed by atoms with Crippen LogP contribution in [0.4, 0.5) is 27.4 Å². The van der Waals surface area contributed by atoms with E-state index in [1.165, 1.54) is 12.4 Å². The highest BCUT2D eigenvalue weighted by atomic mass is 79.9. The molecule has 4 N–H and O–H groups in total. The predicted molar refractivity (Wildman–Crippen MR) is 87.2 cm³/mol. The number of aromatic nitrogens is 2. The Balaban J connectivity index is 2.30. The van der Waals surface area contributed by atoms with Crippen molar-refractivity contribution in [3.63, 3.8) is 0 Å². The average molecular weight is 354 g/mol. The quantitative estimate of drug-likeness (QED) is 0.779. The molecule has 2 rings (SSSR count). The van der Waals surface area contributed by atoms with E-state index < -0.39 is 5.82 Å². The fourth-order valence-corrected chi connectivity index (χ4v) is 2.00. The predicted octanol–water partition coefficient (Wildman–Crippen LogP) is 3.91. The Hall–Kier alpha value is -1.89. The summed E-state index contributed by atoms with van der Waals surface area (Å²) in [4.78, 5) is 8.18. The largest absolute Gasteiger partial charge is 0.393 e. The van der Waals surface area contributed by atoms with Crippen molar-refractivity contribution in [2.75, 3.05) is 16.4 Å². The van der Waals surface area contributed by atoms with E-state index >= 15 is 0 Å². The molecule has 0 saturated carbocycles. The van der Waals surface area contributed by atoms with Crippen LogP contribution in [0.1, 0.15) is 20.8 Å². The lowest BCUT2D eigenvalue weighted by Gasteiger charge is -2.22. The molecule has 0 saturated heterocycles. The lowest BCUT2D eigenvalue weighted by molar-refractivity contribution is 0.629. The Morgan fingerprint density at radius 3 is 2.48 bits per heavy atom. The highest BCUT2D eigenvalue weighted by molar-refractivity contribution is 9.10. The molecule has 0 atom stereocenters. The average Bonchev–Trinajstić information content (AvgIpc) is 2.35. The van der Waals surface area contributed by atoms with Gasteiger partial charge in [-0.05, 0) is 39.0 Å². The molecule has 0 bridgehead atoms. The van der Waals surface area contributed by atoms with Crippen LogP contribution in [-0.4, -0.2) is 15.5 Å². The van der Waals surface area contributed by atoms with Crippen LogP contribution in [0.15, 0.2) is 29.0 Å². The minimum atomic E-state index is -0.396. The molecule has 1 heterocycles. The van der Waals surface area contributed by atoms with E-state index in [1.54, 1.807) is 12.1 Å². The highest BCUT2D eigenvalue weighted by Gasteiger charge is 2.15. The zero-order chi connectivity index (χ0) is 15.6. The third-order valence-corrected chi connectivity index (χ3v) is 3.05. The molecule has 0 fully saturated rings. The molecule has 112 valence electrons. The van der Waals surface area contributed by atoms with E-state index in [9.17, 15) is 4.39 Å². The smallest absolute Gasteiger partial charge is 0.159 e. The van der Waals surface area contributed by atoms with Gasteiger partial charge in [0.1, 0.15) is 17.8 Å². The summed E-state index contributed by atoms with van der Waals surface area (Å²) in [5.74, 6) is 0.475. The molecule has 0 aliphatic rings. The molecule has 0 amide bonds. The van der Waals surface area contributed by atoms with Crippen LogP contribution in [0.25, 0.3) is 0 Å². The van der Waals surface area contributed by atoms with Crippen LogP contribution >= 0.6 is 15.9 Å². The van der Waals surface area contributed by atoms with Gasteiger partial charge in [-0.15, -0.1) is 0 Å². The van der Waals surface area contributed by atoms with Gasteiger partial charge in [0.2, 0.25) is 0 Å². The third-order valence-electron chi connectivity index (χ3n) is 2.56. The van der Waals surface area contributed by atoms with E-state index in [4.69, 9.17) is 5.73 Å². The summed E-state index contributed by atoms with van der Waals surface area (Å²) >= 11 is 3.21. The molecule has 1 aromatic carbocycles. The summed E-state index contributed by atoms with van der Waals surface area (Å²) in [5, 5.41) is 6.06. The van der Waals surface area contributed by atoms with Crippen LogP contribution < -0.4 is 16.4 Å². The van der Waals surface area contributed by atoms with Gasteiger partial charge in [0.15, 0.2) is 11.6 Å². The number of nitrogens with one attached hydrogen (secondary N) is 2. The van der Waals surface area contributed by atoms with Crippen molar-refractivity contribution in [3.05, 3.63) is 34.8 Å². The van der Waals surface area contributed by atoms with Crippen molar-refractivity contribution in [1.82, 2.24) is 9.97 Å². The summed E-state index contributed by atoms with van der Waals surface area (Å²) < 4.78 is 14.5. The first-order chi connectivity index (χ1) is 9.76. The number of hydrogen-bond donors (Lipinski definition) is 3. The summed E-state index contributed by atoms with van der Waals surface area (Å²) in [6.07, 6.45) is 1.38. The number of nitrogens with two attached hydrogens (primary N) is 1. The second-order valence-corrected chi connectivity index (χ2v) is 6.52. The van der Waals surface area contributed by atoms with E-state index in [1.807, 2.05) is 20.8 Å². The van der Waals surface area contributed by atoms with Crippen LogP contribution in [0.5, 0.6) is 0 Å². The van der Waals surface area contributed by atoms with Crippen molar-refractivity contribution in [1.29, 1.82) is 0 Å². The van der Waals surface area contributed by atoms with Gasteiger partial charge in [-0.2, -0.15) is 0 Å². The van der Waals surface area contributed by atoms with Gasteiger partial charge in [-0.1, -0.05) is 15.9 Å². The Labute approximate surface area is 131 Å². The molecule has 1 aromatic heterocycles. The van der Waals surface area contributed by atoms with Gasteiger partial charge in [0.25, 0.3) is 0 Å². The van der Waals surface area contributed by atoms with Crippen molar-refractivity contribution in [3.8, 4) is 0 Å². The zero-order valence-corrected chi connectivity index (χ0v) is 13.6. The number of halogens is 2. The van der Waals surface area contributed by atoms with Gasteiger partial charge in [-0.3, -0.25) is 0 Å². The first kappa shape index (κ1) is 15.5. The third kappa shape index (κ3) is 4.04. The molecule has 0 radical (unpaired) electrons. The monoisotopic (exact) mass is 353 g/mol. The highest BCUT2D eigenvalue weighted by Crippen LogP contribution is 2.29. The molecular weight excluding hydrogens is 337 g/mol. The van der Waals surface area contributed by atoms with Crippen LogP contribution in [0, 0.1) is 5.82 Å². The maximum atomic E-state index is 13.8. The molecule has 0 aliphatic heterocycles. The second kappa shape index (κ2) is 5.85. The number of anilines is 4. The number of benzene rings is 1. The fraction of sp³-hybridized carbons (Fsp3) is 0.286. The minimum absolute atomic E-state index is 0.192. The Morgan fingerprint density at radius 1 is 1.19 bits per heavy atom. The molecule has 21 heavy (non-hydrogen) atoms. The maximum Gasteiger partial charge on any atom is 0.159 e. The van der Waals surface area contributed by atoms with Crippen molar-refractivity contribution in [2.45, 2.75) is 26.3 Å². The first-order valence-electron chi connectivity index (χ1n) is 6.37. The van der Waals surface area contributed by atoms with E-state index in [-0.39, 0.29) is 5.54 Å². The normalized spacial score (nSPS) is 11.3. The summed E-state index contributed by atoms with van der Waals surface area (Å²) in [6.45, 7) is 5.99. The first-order valence-corrected chi connectivity index (χ1v) is 7.16. The molecular formula is C14H17BrFN5. The molecule has 5 nitrogen and oxygen atoms in total. The standard InChI is InChI=1S/C14H17BrFN5/c1-14(2,3)21-13-11(17)12(18-7-19-13)20-10-5-4-8(15)6-9(10)16/h4-7H,17H2,1-3H3,(H2,18,19,20,21). The Kier molecular flexibility index (Phi) is 4.32. The van der Waals surface area contributed by atoms with Gasteiger partial charge in [-0.25, -0.2) is 14.4 Å². The lowest BCUT2D eigenvalue weighted by atomic mass is 10.1. The SMILES string of the molecule is CC(C)(C)Nc1ncnc(Nc2ccc(Br)cc2F)c1N. The van der Waals surface area contributed by atoms with E-state index in [2.05, 4.69) is 36.5 Å². The minimum Gasteiger partial charge on any atom is -0.393 e. The summed E-state index contributed by atoms with van der Waals surface area (Å²) in [7, 11) is 0. The van der Waals surface area contributed by atoms with Crippen LogP contribution in [0.2, 0.25) is 0 Å². The van der Waals surface area contributed by atoms with E-state index in [0.717, 1.165) is 0 Å². The van der Waals surface area contributed by atoms with Crippen molar-refractivity contribution >= 4 is 38.9 Å². The second-order valence-electron chi connectivity index (χ2n) is 5.61. The van der Waals surface area contributed by atoms with Crippen LogP contribution in [0.3, 0.4) is 0 Å². The zero-order valence-electron chi connectivity index (χ0n) is 12.0.